The Bertz CT molecular complexity index is 1230. The maximum absolute atomic E-state index is 13.1. The molecule has 34 heavy (non-hydrogen) atoms. The quantitative estimate of drug-likeness (QED) is 0.451. The van der Waals surface area contributed by atoms with Gasteiger partial charge in [0.15, 0.2) is 5.78 Å². The highest BCUT2D eigenvalue weighted by Gasteiger charge is 2.28. The smallest absolute Gasteiger partial charge is 0.253 e. The van der Waals surface area contributed by atoms with Crippen LogP contribution in [-0.4, -0.2) is 42.0 Å². The van der Waals surface area contributed by atoms with E-state index in [2.05, 4.69) is 19.9 Å². The molecule has 1 amide bonds. The van der Waals surface area contributed by atoms with E-state index in [1.165, 1.54) is 5.56 Å². The lowest BCUT2D eigenvalue weighted by Crippen LogP contribution is -2.30. The summed E-state index contributed by atoms with van der Waals surface area (Å²) in [4.78, 5) is 32.5. The maximum Gasteiger partial charge on any atom is 0.253 e. The van der Waals surface area contributed by atoms with Gasteiger partial charge in [-0.3, -0.25) is 14.6 Å². The van der Waals surface area contributed by atoms with Gasteiger partial charge in [-0.2, -0.15) is 0 Å². The van der Waals surface area contributed by atoms with E-state index in [0.717, 1.165) is 29.0 Å². The molecular formula is C29H30N2O3. The lowest BCUT2D eigenvalue weighted by molar-refractivity contribution is 0.0784. The van der Waals surface area contributed by atoms with Crippen molar-refractivity contribution >= 4 is 17.4 Å². The molecule has 0 spiro atoms. The Balaban J connectivity index is 1.49. The SMILES string of the molecule is COc1ccc2c(c1)C(CC(=O)c1ccc(C(=O)N(C)Cc3ccccc3)cc1)=NC(C)(C)C2. The molecule has 1 aliphatic rings. The van der Waals surface area contributed by atoms with Crippen molar-refractivity contribution in [1.29, 1.82) is 0 Å². The van der Waals surface area contributed by atoms with E-state index in [9.17, 15) is 9.59 Å². The van der Waals surface area contributed by atoms with Crippen molar-refractivity contribution in [2.75, 3.05) is 14.2 Å². The molecule has 3 aromatic rings. The molecule has 0 fully saturated rings. The number of hydrogen-bond acceptors (Lipinski definition) is 4. The number of benzene rings is 3. The van der Waals surface area contributed by atoms with E-state index in [4.69, 9.17) is 9.73 Å². The Morgan fingerprint density at radius 2 is 1.65 bits per heavy atom. The van der Waals surface area contributed by atoms with Crippen molar-refractivity contribution < 1.29 is 14.3 Å². The van der Waals surface area contributed by atoms with Gasteiger partial charge in [0.1, 0.15) is 5.75 Å². The monoisotopic (exact) mass is 454 g/mol. The summed E-state index contributed by atoms with van der Waals surface area (Å²) in [5.74, 6) is 0.644. The topological polar surface area (TPSA) is 59.0 Å². The third-order valence-corrected chi connectivity index (χ3v) is 6.08. The maximum atomic E-state index is 13.1. The van der Waals surface area contributed by atoms with Crippen molar-refractivity contribution in [2.45, 2.75) is 38.8 Å². The predicted octanol–water partition coefficient (Wildman–Crippen LogP) is 5.36. The number of hydrogen-bond donors (Lipinski definition) is 0. The molecule has 4 rings (SSSR count). The number of methoxy groups -OCH3 is 1. The molecule has 0 aliphatic carbocycles. The summed E-state index contributed by atoms with van der Waals surface area (Å²) in [5, 5.41) is 0. The fourth-order valence-electron chi connectivity index (χ4n) is 4.37. The van der Waals surface area contributed by atoms with Crippen LogP contribution < -0.4 is 4.74 Å². The van der Waals surface area contributed by atoms with Crippen LogP contribution in [0.1, 0.15) is 57.7 Å². The molecule has 0 saturated heterocycles. The zero-order valence-corrected chi connectivity index (χ0v) is 20.2. The number of carbonyl (C=O) groups excluding carboxylic acids is 2. The lowest BCUT2D eigenvalue weighted by atomic mass is 9.85. The van der Waals surface area contributed by atoms with Crippen LogP contribution in [0.3, 0.4) is 0 Å². The molecule has 0 atom stereocenters. The van der Waals surface area contributed by atoms with Crippen LogP contribution in [-0.2, 0) is 13.0 Å². The largest absolute Gasteiger partial charge is 0.497 e. The van der Waals surface area contributed by atoms with Gasteiger partial charge in [0, 0.05) is 30.3 Å². The van der Waals surface area contributed by atoms with Gasteiger partial charge in [0.25, 0.3) is 5.91 Å². The van der Waals surface area contributed by atoms with Gasteiger partial charge in [0.05, 0.1) is 24.8 Å². The van der Waals surface area contributed by atoms with Crippen molar-refractivity contribution in [1.82, 2.24) is 4.90 Å². The van der Waals surface area contributed by atoms with Crippen molar-refractivity contribution in [3.63, 3.8) is 0 Å². The number of fused-ring (bicyclic) bond motifs is 1. The molecule has 0 unspecified atom stereocenters. The third-order valence-electron chi connectivity index (χ3n) is 6.08. The lowest BCUT2D eigenvalue weighted by Gasteiger charge is -2.29. The third kappa shape index (κ3) is 5.25. The summed E-state index contributed by atoms with van der Waals surface area (Å²) in [6.07, 6.45) is 1.02. The minimum absolute atomic E-state index is 0.0261. The highest BCUT2D eigenvalue weighted by molar-refractivity contribution is 6.17. The zero-order valence-electron chi connectivity index (χ0n) is 20.2. The highest BCUT2D eigenvalue weighted by Crippen LogP contribution is 2.31. The molecular weight excluding hydrogens is 424 g/mol. The van der Waals surface area contributed by atoms with Crippen LogP contribution in [0.15, 0.2) is 77.8 Å². The molecule has 3 aromatic carbocycles. The van der Waals surface area contributed by atoms with Crippen LogP contribution in [0.25, 0.3) is 0 Å². The van der Waals surface area contributed by atoms with Crippen LogP contribution >= 0.6 is 0 Å². The van der Waals surface area contributed by atoms with Gasteiger partial charge in [-0.05, 0) is 55.7 Å². The van der Waals surface area contributed by atoms with E-state index in [0.29, 0.717) is 17.7 Å². The molecule has 174 valence electrons. The second-order valence-electron chi connectivity index (χ2n) is 9.39. The predicted molar refractivity (Wildman–Crippen MR) is 135 cm³/mol. The summed E-state index contributed by atoms with van der Waals surface area (Å²) < 4.78 is 5.39. The molecule has 0 N–H and O–H groups in total. The average molecular weight is 455 g/mol. The molecule has 0 saturated carbocycles. The van der Waals surface area contributed by atoms with Crippen molar-refractivity contribution in [3.8, 4) is 5.75 Å². The molecule has 0 bridgehead atoms. The number of ketones is 1. The standard InChI is InChI=1S/C29H30N2O3/c1-29(2)18-23-14-15-24(34-4)16-25(23)26(30-29)17-27(32)21-10-12-22(13-11-21)28(33)31(3)19-20-8-6-5-7-9-20/h5-16H,17-19H2,1-4H3. The molecule has 0 aromatic heterocycles. The Labute approximate surface area is 201 Å². The van der Waals surface area contributed by atoms with Gasteiger partial charge in [0.2, 0.25) is 0 Å². The molecule has 0 radical (unpaired) electrons. The summed E-state index contributed by atoms with van der Waals surface area (Å²) in [6, 6.07) is 22.7. The van der Waals surface area contributed by atoms with Crippen LogP contribution in [0.2, 0.25) is 0 Å². The molecule has 5 heteroatoms. The first kappa shape index (κ1) is 23.4. The summed E-state index contributed by atoms with van der Waals surface area (Å²) in [5.41, 5.74) is 4.85. The second kappa shape index (κ2) is 9.64. The first-order valence-corrected chi connectivity index (χ1v) is 11.4. The first-order chi connectivity index (χ1) is 16.3. The minimum atomic E-state index is -0.267. The van der Waals surface area contributed by atoms with Crippen LogP contribution in [0.5, 0.6) is 5.75 Å². The molecule has 1 heterocycles. The van der Waals surface area contributed by atoms with Crippen LogP contribution in [0, 0.1) is 0 Å². The fourth-order valence-corrected chi connectivity index (χ4v) is 4.37. The Morgan fingerprint density at radius 1 is 0.971 bits per heavy atom. The van der Waals surface area contributed by atoms with Crippen molar-refractivity contribution in [2.24, 2.45) is 4.99 Å². The van der Waals surface area contributed by atoms with E-state index in [-0.39, 0.29) is 23.7 Å². The van der Waals surface area contributed by atoms with Crippen molar-refractivity contribution in [3.05, 3.63) is 101 Å². The first-order valence-electron chi connectivity index (χ1n) is 11.4. The number of aliphatic imine (C=N–C) groups is 1. The summed E-state index contributed by atoms with van der Waals surface area (Å²) >= 11 is 0. The molecule has 1 aliphatic heterocycles. The highest BCUT2D eigenvalue weighted by atomic mass is 16.5. The minimum Gasteiger partial charge on any atom is -0.497 e. The van der Waals surface area contributed by atoms with E-state index >= 15 is 0 Å². The zero-order chi connectivity index (χ0) is 24.3. The fraction of sp³-hybridized carbons (Fsp3) is 0.276. The van der Waals surface area contributed by atoms with Gasteiger partial charge in [-0.25, -0.2) is 0 Å². The van der Waals surface area contributed by atoms with Gasteiger partial charge < -0.3 is 9.64 Å². The van der Waals surface area contributed by atoms with E-state index < -0.39 is 0 Å². The number of rotatable bonds is 7. The van der Waals surface area contributed by atoms with Gasteiger partial charge >= 0.3 is 0 Å². The number of carbonyl (C=O) groups is 2. The Morgan fingerprint density at radius 3 is 2.32 bits per heavy atom. The average Bonchev–Trinajstić information content (AvgIpc) is 2.83. The second-order valence-corrected chi connectivity index (χ2v) is 9.39. The normalized spacial score (nSPS) is 14.1. The molecule has 5 nitrogen and oxygen atoms in total. The number of ether oxygens (including phenoxy) is 1. The summed E-state index contributed by atoms with van der Waals surface area (Å²) in [6.45, 7) is 4.69. The van der Waals surface area contributed by atoms with Crippen LogP contribution in [0.4, 0.5) is 0 Å². The van der Waals surface area contributed by atoms with E-state index in [1.54, 1.807) is 43.3 Å². The number of amides is 1. The number of Topliss-reactive ketones (excluding diaryl/α,β-unsaturated/α-hetero) is 1. The number of nitrogens with zero attached hydrogens (tertiary/aromatic N) is 2. The van der Waals surface area contributed by atoms with Gasteiger partial charge in [-0.1, -0.05) is 48.5 Å². The Hall–Kier alpha value is -3.73. The Kier molecular flexibility index (Phi) is 6.64. The summed E-state index contributed by atoms with van der Waals surface area (Å²) in [7, 11) is 3.42. The van der Waals surface area contributed by atoms with Gasteiger partial charge in [-0.15, -0.1) is 0 Å². The van der Waals surface area contributed by atoms with E-state index in [1.807, 2.05) is 42.5 Å².